The van der Waals surface area contributed by atoms with Gasteiger partial charge in [0.25, 0.3) is 0 Å². The number of rotatable bonds is 17. The van der Waals surface area contributed by atoms with Crippen molar-refractivity contribution >= 4 is 23.8 Å². The van der Waals surface area contributed by atoms with Gasteiger partial charge in [-0.3, -0.25) is 14.4 Å². The van der Waals surface area contributed by atoms with Crippen molar-refractivity contribution in [2.24, 2.45) is 5.73 Å². The van der Waals surface area contributed by atoms with Crippen LogP contribution in [0.15, 0.2) is 115 Å². The Hall–Kier alpha value is -5.52. The van der Waals surface area contributed by atoms with Crippen LogP contribution in [0.5, 0.6) is 0 Å². The number of ether oxygens (including phenoxy) is 1. The predicted molar refractivity (Wildman–Crippen MR) is 198 cm³/mol. The predicted octanol–water partition coefficient (Wildman–Crippen LogP) is 3.64. The standard InChI is InChI=1S/C41H47N5O6/c42-33(24-28-14-4-1-5-15-28)38(48)45-35(25-29-16-6-2-7-17-29)40(50)44-34(39(49)46-37-32-21-11-10-20-31(32)26-36(37)47)22-12-13-23-43-41(51)52-27-30-18-8-3-9-19-30/h1-11,14-21,33-37,47H,12-13,22-27,42H2,(H,43,51)(H,44,50)(H,45,48)(H,46,49)/t33-,34-,35-,36+,37-/m0/s1. The molecule has 1 aliphatic rings. The lowest BCUT2D eigenvalue weighted by molar-refractivity contribution is -0.133. The molecule has 52 heavy (non-hydrogen) atoms. The molecule has 0 aromatic heterocycles. The van der Waals surface area contributed by atoms with Crippen molar-refractivity contribution < 1.29 is 29.0 Å². The summed E-state index contributed by atoms with van der Waals surface area (Å²) in [6.45, 7) is 0.450. The van der Waals surface area contributed by atoms with Crippen LogP contribution in [0.2, 0.25) is 0 Å². The molecule has 0 unspecified atom stereocenters. The van der Waals surface area contributed by atoms with E-state index in [4.69, 9.17) is 10.5 Å². The molecule has 11 heteroatoms. The summed E-state index contributed by atoms with van der Waals surface area (Å²) in [6.07, 6.45) is 0.711. The molecule has 272 valence electrons. The maximum absolute atomic E-state index is 14.0. The fourth-order valence-electron chi connectivity index (χ4n) is 6.28. The number of hydrogen-bond acceptors (Lipinski definition) is 7. The second-order valence-electron chi connectivity index (χ2n) is 13.0. The lowest BCUT2D eigenvalue weighted by atomic mass is 10.0. The van der Waals surface area contributed by atoms with Gasteiger partial charge in [0.2, 0.25) is 17.7 Å². The van der Waals surface area contributed by atoms with E-state index in [0.717, 1.165) is 27.8 Å². The van der Waals surface area contributed by atoms with E-state index in [1.165, 1.54) is 0 Å². The zero-order chi connectivity index (χ0) is 36.7. The smallest absolute Gasteiger partial charge is 0.407 e. The van der Waals surface area contributed by atoms with Gasteiger partial charge in [0.1, 0.15) is 18.7 Å². The SMILES string of the molecule is N[C@@H](Cc1ccccc1)C(=O)N[C@@H](Cc1ccccc1)C(=O)N[C@@H](CCCCNC(=O)OCc1ccccc1)C(=O)N[C@H]1c2ccccc2C[C@H]1O. The molecule has 5 rings (SSSR count). The molecule has 11 nitrogen and oxygen atoms in total. The van der Waals surface area contributed by atoms with Gasteiger partial charge in [0.05, 0.1) is 18.2 Å². The summed E-state index contributed by atoms with van der Waals surface area (Å²) in [5.41, 5.74) is 10.6. The van der Waals surface area contributed by atoms with Crippen LogP contribution in [0.1, 0.15) is 53.1 Å². The largest absolute Gasteiger partial charge is 0.445 e. The molecule has 0 bridgehead atoms. The summed E-state index contributed by atoms with van der Waals surface area (Å²) >= 11 is 0. The molecule has 0 aliphatic heterocycles. The number of alkyl carbamates (subject to hydrolysis) is 1. The summed E-state index contributed by atoms with van der Waals surface area (Å²) in [4.78, 5) is 53.4. The molecule has 0 fully saturated rings. The Bertz CT molecular complexity index is 1760. The van der Waals surface area contributed by atoms with E-state index in [1.807, 2.05) is 115 Å². The first-order valence-electron chi connectivity index (χ1n) is 17.7. The molecule has 0 radical (unpaired) electrons. The first-order valence-corrected chi connectivity index (χ1v) is 17.7. The highest BCUT2D eigenvalue weighted by molar-refractivity contribution is 5.93. The molecule has 0 spiro atoms. The monoisotopic (exact) mass is 705 g/mol. The van der Waals surface area contributed by atoms with Gasteiger partial charge < -0.3 is 36.8 Å². The number of aliphatic hydroxyl groups excluding tert-OH is 1. The van der Waals surface area contributed by atoms with Crippen LogP contribution in [0.4, 0.5) is 4.79 Å². The van der Waals surface area contributed by atoms with Crippen LogP contribution < -0.4 is 27.0 Å². The van der Waals surface area contributed by atoms with Crippen molar-refractivity contribution in [3.05, 3.63) is 143 Å². The van der Waals surface area contributed by atoms with Crippen LogP contribution in [0, 0.1) is 0 Å². The molecule has 1 aliphatic carbocycles. The Morgan fingerprint density at radius 2 is 1.27 bits per heavy atom. The number of carbonyl (C=O) groups excluding carboxylic acids is 4. The summed E-state index contributed by atoms with van der Waals surface area (Å²) in [6, 6.07) is 32.0. The number of fused-ring (bicyclic) bond motifs is 1. The number of unbranched alkanes of at least 4 members (excludes halogenated alkanes) is 1. The van der Waals surface area contributed by atoms with E-state index in [1.54, 1.807) is 0 Å². The number of hydrogen-bond donors (Lipinski definition) is 6. The maximum atomic E-state index is 14.0. The van der Waals surface area contributed by atoms with E-state index >= 15 is 0 Å². The number of nitrogens with two attached hydrogens (primary N) is 1. The second-order valence-corrected chi connectivity index (χ2v) is 13.0. The molecule has 4 amide bonds. The third-order valence-corrected chi connectivity index (χ3v) is 9.09. The lowest BCUT2D eigenvalue weighted by Crippen LogP contribution is -2.57. The molecular formula is C41H47N5O6. The highest BCUT2D eigenvalue weighted by atomic mass is 16.5. The first kappa shape index (κ1) is 37.7. The Labute approximate surface area is 304 Å². The molecule has 4 aromatic rings. The Morgan fingerprint density at radius 1 is 0.692 bits per heavy atom. The van der Waals surface area contributed by atoms with Gasteiger partial charge in [-0.1, -0.05) is 115 Å². The van der Waals surface area contributed by atoms with Crippen LogP contribution in [-0.2, 0) is 45.0 Å². The Balaban J connectivity index is 1.24. The number of amides is 4. The minimum absolute atomic E-state index is 0.148. The minimum atomic E-state index is -1.02. The topological polar surface area (TPSA) is 172 Å². The molecule has 4 aromatic carbocycles. The van der Waals surface area contributed by atoms with E-state index in [0.29, 0.717) is 25.8 Å². The molecule has 5 atom stereocenters. The summed E-state index contributed by atoms with van der Waals surface area (Å²) in [5.74, 6) is -1.49. The van der Waals surface area contributed by atoms with E-state index in [9.17, 15) is 24.3 Å². The Kier molecular flexibility index (Phi) is 13.9. The fraction of sp³-hybridized carbons (Fsp3) is 0.317. The second kappa shape index (κ2) is 19.2. The van der Waals surface area contributed by atoms with Crippen LogP contribution in [-0.4, -0.2) is 59.7 Å². The van der Waals surface area contributed by atoms with E-state index < -0.39 is 54.1 Å². The van der Waals surface area contributed by atoms with E-state index in [2.05, 4.69) is 21.3 Å². The minimum Gasteiger partial charge on any atom is -0.445 e. The van der Waals surface area contributed by atoms with Gasteiger partial charge in [-0.15, -0.1) is 0 Å². The lowest BCUT2D eigenvalue weighted by Gasteiger charge is -2.26. The van der Waals surface area contributed by atoms with Gasteiger partial charge >= 0.3 is 6.09 Å². The number of benzene rings is 4. The fourth-order valence-corrected chi connectivity index (χ4v) is 6.28. The number of carbonyl (C=O) groups is 4. The van der Waals surface area contributed by atoms with E-state index in [-0.39, 0.29) is 25.9 Å². The van der Waals surface area contributed by atoms with Gasteiger partial charge in [0.15, 0.2) is 0 Å². The third kappa shape index (κ3) is 11.2. The van der Waals surface area contributed by atoms with Crippen LogP contribution >= 0.6 is 0 Å². The highest BCUT2D eigenvalue weighted by Gasteiger charge is 2.35. The van der Waals surface area contributed by atoms with Crippen molar-refractivity contribution in [1.29, 1.82) is 0 Å². The average Bonchev–Trinajstić information content (AvgIpc) is 3.48. The van der Waals surface area contributed by atoms with Crippen molar-refractivity contribution in [1.82, 2.24) is 21.3 Å². The number of nitrogens with one attached hydrogen (secondary N) is 4. The van der Waals surface area contributed by atoms with Crippen molar-refractivity contribution in [3.8, 4) is 0 Å². The molecular weight excluding hydrogens is 658 g/mol. The van der Waals surface area contributed by atoms with Gasteiger partial charge in [-0.25, -0.2) is 4.79 Å². The normalized spacial score (nSPS) is 16.4. The molecule has 0 saturated heterocycles. The zero-order valence-electron chi connectivity index (χ0n) is 29.1. The van der Waals surface area contributed by atoms with Gasteiger partial charge in [-0.05, 0) is 53.5 Å². The van der Waals surface area contributed by atoms with Crippen molar-refractivity contribution in [2.45, 2.75) is 75.4 Å². The first-order chi connectivity index (χ1) is 25.3. The highest BCUT2D eigenvalue weighted by Crippen LogP contribution is 2.31. The molecule has 7 N–H and O–H groups in total. The zero-order valence-corrected chi connectivity index (χ0v) is 29.1. The summed E-state index contributed by atoms with van der Waals surface area (Å²) < 4.78 is 5.28. The summed E-state index contributed by atoms with van der Waals surface area (Å²) in [5, 5.41) is 22.2. The van der Waals surface area contributed by atoms with Gasteiger partial charge in [0, 0.05) is 19.4 Å². The third-order valence-electron chi connectivity index (χ3n) is 9.09. The quantitative estimate of drug-likeness (QED) is 0.0911. The van der Waals surface area contributed by atoms with Gasteiger partial charge in [-0.2, -0.15) is 0 Å². The van der Waals surface area contributed by atoms with Crippen molar-refractivity contribution in [3.63, 3.8) is 0 Å². The van der Waals surface area contributed by atoms with Crippen LogP contribution in [0.25, 0.3) is 0 Å². The summed E-state index contributed by atoms with van der Waals surface area (Å²) in [7, 11) is 0. The maximum Gasteiger partial charge on any atom is 0.407 e. The van der Waals surface area contributed by atoms with Crippen LogP contribution in [0.3, 0.4) is 0 Å². The molecule has 0 heterocycles. The Morgan fingerprint density at radius 3 is 1.94 bits per heavy atom. The van der Waals surface area contributed by atoms with Crippen molar-refractivity contribution in [2.75, 3.05) is 6.54 Å². The average molecular weight is 706 g/mol. The molecule has 0 saturated carbocycles. The number of aliphatic hydroxyl groups is 1.